The zero-order valence-electron chi connectivity index (χ0n) is 14.1. The van der Waals surface area contributed by atoms with E-state index < -0.39 is 0 Å². The highest BCUT2D eigenvalue weighted by molar-refractivity contribution is 6.08. The Kier molecular flexibility index (Phi) is 5.30. The minimum absolute atomic E-state index is 0.0805. The van der Waals surface area contributed by atoms with E-state index in [-0.39, 0.29) is 19.1 Å². The highest BCUT2D eigenvalue weighted by atomic mass is 19.1. The van der Waals surface area contributed by atoms with E-state index in [4.69, 9.17) is 15.7 Å². The number of rotatable bonds is 5. The van der Waals surface area contributed by atoms with E-state index >= 15 is 0 Å². The van der Waals surface area contributed by atoms with Gasteiger partial charge in [-0.2, -0.15) is 5.26 Å². The van der Waals surface area contributed by atoms with E-state index in [9.17, 15) is 9.18 Å². The minimum Gasteiger partial charge on any atom is -0.489 e. The van der Waals surface area contributed by atoms with E-state index in [1.165, 1.54) is 0 Å². The van der Waals surface area contributed by atoms with Crippen LogP contribution in [0.4, 0.5) is 10.1 Å². The molecule has 0 saturated carbocycles. The van der Waals surface area contributed by atoms with Crippen LogP contribution in [0.25, 0.3) is 0 Å². The molecule has 1 aliphatic heterocycles. The van der Waals surface area contributed by atoms with Gasteiger partial charge < -0.3 is 15.4 Å². The summed E-state index contributed by atoms with van der Waals surface area (Å²) in [5, 5.41) is 8.88. The lowest BCUT2D eigenvalue weighted by Crippen LogP contribution is -2.37. The topological polar surface area (TPSA) is 79.3 Å². The Labute approximate surface area is 151 Å². The van der Waals surface area contributed by atoms with Crippen LogP contribution in [0.15, 0.2) is 54.4 Å². The van der Waals surface area contributed by atoms with E-state index in [0.29, 0.717) is 41.7 Å². The summed E-state index contributed by atoms with van der Waals surface area (Å²) in [4.78, 5) is 14.5. The predicted molar refractivity (Wildman–Crippen MR) is 96.7 cm³/mol. The number of carbonyl (C=O) groups is 1. The van der Waals surface area contributed by atoms with Gasteiger partial charge in [-0.3, -0.25) is 4.79 Å². The van der Waals surface area contributed by atoms with Crippen LogP contribution in [-0.4, -0.2) is 25.6 Å². The predicted octanol–water partition coefficient (Wildman–Crippen LogP) is 2.95. The van der Waals surface area contributed by atoms with E-state index in [1.807, 2.05) is 6.07 Å². The third-order valence-electron chi connectivity index (χ3n) is 4.31. The van der Waals surface area contributed by atoms with Crippen molar-refractivity contribution in [3.8, 4) is 11.8 Å². The molecule has 2 aromatic carbocycles. The van der Waals surface area contributed by atoms with Crippen LogP contribution in [0, 0.1) is 11.3 Å². The summed E-state index contributed by atoms with van der Waals surface area (Å²) >= 11 is 0. The van der Waals surface area contributed by atoms with Crippen LogP contribution in [0.2, 0.25) is 0 Å². The summed E-state index contributed by atoms with van der Waals surface area (Å²) in [6.45, 7) is 0.718. The second kappa shape index (κ2) is 7.81. The number of nitriles is 1. The number of anilines is 1. The fourth-order valence-corrected chi connectivity index (χ4v) is 2.83. The van der Waals surface area contributed by atoms with E-state index in [1.54, 1.807) is 41.3 Å². The van der Waals surface area contributed by atoms with Crippen molar-refractivity contribution >= 4 is 11.6 Å². The molecule has 6 heteroatoms. The molecule has 0 unspecified atom stereocenters. The van der Waals surface area contributed by atoms with Gasteiger partial charge in [0.15, 0.2) is 0 Å². The lowest BCUT2D eigenvalue weighted by Gasteiger charge is -2.29. The van der Waals surface area contributed by atoms with Gasteiger partial charge in [-0.25, -0.2) is 4.39 Å². The van der Waals surface area contributed by atoms with Gasteiger partial charge in [0, 0.05) is 29.9 Å². The third kappa shape index (κ3) is 3.58. The Hall–Kier alpha value is -3.17. The molecule has 0 atom stereocenters. The number of fused-ring (bicyclic) bond motifs is 1. The molecule has 26 heavy (non-hydrogen) atoms. The number of hydrogen-bond donors (Lipinski definition) is 1. The summed E-state index contributed by atoms with van der Waals surface area (Å²) in [5.74, 6) is 0.491. The van der Waals surface area contributed by atoms with Crippen molar-refractivity contribution in [3.05, 3.63) is 71.1 Å². The summed E-state index contributed by atoms with van der Waals surface area (Å²) < 4.78 is 18.1. The number of ether oxygens (including phenoxy) is 1. The van der Waals surface area contributed by atoms with Crippen molar-refractivity contribution < 1.29 is 13.9 Å². The Balaban J connectivity index is 1.77. The first-order valence-corrected chi connectivity index (χ1v) is 8.22. The molecular formula is C20H18FN3O2. The molecule has 5 nitrogen and oxygen atoms in total. The second-order valence-corrected chi connectivity index (χ2v) is 5.94. The molecule has 2 N–H and O–H groups in total. The Morgan fingerprint density at radius 1 is 1.31 bits per heavy atom. The van der Waals surface area contributed by atoms with E-state index in [0.717, 1.165) is 11.3 Å². The highest BCUT2D eigenvalue weighted by Gasteiger charge is 2.25. The smallest absolute Gasteiger partial charge is 0.258 e. The quantitative estimate of drug-likeness (QED) is 0.898. The van der Waals surface area contributed by atoms with Crippen LogP contribution in [0.5, 0.6) is 5.75 Å². The molecule has 1 amide bonds. The molecule has 1 heterocycles. The van der Waals surface area contributed by atoms with Crippen molar-refractivity contribution in [2.45, 2.75) is 6.42 Å². The average Bonchev–Trinajstić information content (AvgIpc) is 2.69. The maximum atomic E-state index is 12.8. The first-order valence-electron chi connectivity index (χ1n) is 8.22. The molecule has 0 saturated heterocycles. The van der Waals surface area contributed by atoms with Gasteiger partial charge in [0.25, 0.3) is 5.91 Å². The fourth-order valence-electron chi connectivity index (χ4n) is 2.83. The number of hydrogen-bond acceptors (Lipinski definition) is 4. The number of halogens is 1. The third-order valence-corrected chi connectivity index (χ3v) is 4.31. The molecule has 132 valence electrons. The zero-order valence-corrected chi connectivity index (χ0v) is 14.1. The van der Waals surface area contributed by atoms with Crippen LogP contribution in [0.3, 0.4) is 0 Å². The molecule has 0 aliphatic carbocycles. The number of nitrogens with zero attached hydrogens (tertiary/aromatic N) is 2. The van der Waals surface area contributed by atoms with Crippen molar-refractivity contribution in [3.63, 3.8) is 0 Å². The van der Waals surface area contributed by atoms with Crippen molar-refractivity contribution in [1.82, 2.24) is 0 Å². The number of amides is 1. The van der Waals surface area contributed by atoms with Crippen LogP contribution in [0.1, 0.15) is 21.5 Å². The lowest BCUT2D eigenvalue weighted by molar-refractivity contribution is 0.0980. The van der Waals surface area contributed by atoms with Crippen molar-refractivity contribution in [2.75, 3.05) is 24.6 Å². The first kappa shape index (κ1) is 17.6. The molecule has 2 aromatic rings. The van der Waals surface area contributed by atoms with Crippen LogP contribution >= 0.6 is 0 Å². The van der Waals surface area contributed by atoms with E-state index in [2.05, 4.69) is 6.07 Å². The largest absolute Gasteiger partial charge is 0.489 e. The molecule has 0 bridgehead atoms. The highest BCUT2D eigenvalue weighted by Crippen LogP contribution is 2.27. The summed E-state index contributed by atoms with van der Waals surface area (Å²) in [7, 11) is 0. The van der Waals surface area contributed by atoms with Gasteiger partial charge in [0.05, 0.1) is 18.0 Å². The van der Waals surface area contributed by atoms with Gasteiger partial charge in [0.1, 0.15) is 12.4 Å². The first-order chi connectivity index (χ1) is 12.7. The normalized spacial score (nSPS) is 14.0. The molecule has 0 spiro atoms. The van der Waals surface area contributed by atoms with Gasteiger partial charge in [-0.15, -0.1) is 0 Å². The zero-order chi connectivity index (χ0) is 18.5. The number of nitrogens with two attached hydrogens (primary N) is 1. The summed E-state index contributed by atoms with van der Waals surface area (Å²) in [6.07, 6.45) is 1.14. The Morgan fingerprint density at radius 2 is 2.08 bits per heavy atom. The van der Waals surface area contributed by atoms with Crippen molar-refractivity contribution in [2.24, 2.45) is 5.73 Å². The van der Waals surface area contributed by atoms with Gasteiger partial charge in [0.2, 0.25) is 0 Å². The van der Waals surface area contributed by atoms with Gasteiger partial charge >= 0.3 is 0 Å². The Morgan fingerprint density at radius 3 is 2.73 bits per heavy atom. The molecule has 0 fully saturated rings. The Bertz CT molecular complexity index is 885. The SMILES string of the molecule is N#Cc1ccc(N2CCc3cc(OC/C(=C\F)CN)ccc3C2=O)cc1. The van der Waals surface area contributed by atoms with Crippen LogP contribution in [-0.2, 0) is 6.42 Å². The molecule has 0 aromatic heterocycles. The van der Waals surface area contributed by atoms with Gasteiger partial charge in [-0.1, -0.05) is 0 Å². The number of carbonyl (C=O) groups excluding carboxylic acids is 1. The molecule has 1 aliphatic rings. The molecule has 0 radical (unpaired) electrons. The maximum absolute atomic E-state index is 12.8. The summed E-state index contributed by atoms with van der Waals surface area (Å²) in [6, 6.07) is 14.2. The maximum Gasteiger partial charge on any atom is 0.258 e. The second-order valence-electron chi connectivity index (χ2n) is 5.94. The monoisotopic (exact) mass is 351 g/mol. The van der Waals surface area contributed by atoms with Crippen LogP contribution < -0.4 is 15.4 Å². The fraction of sp³-hybridized carbons (Fsp3) is 0.200. The molecular weight excluding hydrogens is 333 g/mol. The van der Waals surface area contributed by atoms with Crippen molar-refractivity contribution in [1.29, 1.82) is 5.26 Å². The minimum atomic E-state index is -0.0891. The average molecular weight is 351 g/mol. The summed E-state index contributed by atoms with van der Waals surface area (Å²) in [5.41, 5.74) is 8.61. The molecule has 3 rings (SSSR count). The lowest BCUT2D eigenvalue weighted by atomic mass is 9.98. The standard InChI is InChI=1S/C20H18FN3O2/c21-10-15(12-23)13-26-18-5-6-19-16(9-18)7-8-24(20(19)25)17-3-1-14(11-22)2-4-17/h1-6,9-10H,7-8,12-13,23H2/b15-10-. The van der Waals surface area contributed by atoms with Gasteiger partial charge in [-0.05, 0) is 54.4 Å². The number of benzene rings is 2.